The van der Waals surface area contributed by atoms with Crippen molar-refractivity contribution >= 4 is 28.1 Å². The Kier molecular flexibility index (Phi) is 4.56. The highest BCUT2D eigenvalue weighted by molar-refractivity contribution is 7.15. The van der Waals surface area contributed by atoms with E-state index in [0.29, 0.717) is 17.6 Å². The normalized spacial score (nSPS) is 10.9. The summed E-state index contributed by atoms with van der Waals surface area (Å²) in [7, 11) is 1.74. The van der Waals surface area contributed by atoms with Crippen molar-refractivity contribution in [1.29, 1.82) is 0 Å². The largest absolute Gasteiger partial charge is 0.336 e. The van der Waals surface area contributed by atoms with E-state index in [-0.39, 0.29) is 11.5 Å². The van der Waals surface area contributed by atoms with Crippen molar-refractivity contribution in [1.82, 2.24) is 14.9 Å². The fraction of sp³-hybridized carbons (Fsp3) is 0.0952. The number of amides is 1. The van der Waals surface area contributed by atoms with Crippen molar-refractivity contribution < 1.29 is 4.79 Å². The Hall–Kier alpha value is -3.25. The smallest absolute Gasteiger partial charge is 0.254 e. The highest BCUT2D eigenvalue weighted by atomic mass is 32.1. The number of benzene rings is 2. The van der Waals surface area contributed by atoms with Crippen LogP contribution < -0.4 is 5.56 Å². The van der Waals surface area contributed by atoms with Crippen LogP contribution in [-0.4, -0.2) is 27.8 Å². The molecule has 27 heavy (non-hydrogen) atoms. The molecule has 4 aromatic rings. The zero-order chi connectivity index (χ0) is 18.8. The van der Waals surface area contributed by atoms with Crippen molar-refractivity contribution in [3.8, 4) is 10.6 Å². The van der Waals surface area contributed by atoms with Gasteiger partial charge >= 0.3 is 0 Å². The number of rotatable bonds is 4. The molecule has 0 fully saturated rings. The van der Waals surface area contributed by atoms with Gasteiger partial charge in [0.25, 0.3) is 5.91 Å². The van der Waals surface area contributed by atoms with E-state index in [1.165, 1.54) is 6.07 Å². The molecule has 2 aromatic carbocycles. The summed E-state index contributed by atoms with van der Waals surface area (Å²) >= 11 is 1.56. The molecule has 134 valence electrons. The second-order valence-corrected chi connectivity index (χ2v) is 7.37. The number of para-hydroxylation sites is 1. The second kappa shape index (κ2) is 7.17. The van der Waals surface area contributed by atoms with Gasteiger partial charge in [-0.15, -0.1) is 11.3 Å². The molecule has 1 N–H and O–H groups in total. The van der Waals surface area contributed by atoms with Crippen LogP contribution in [0.25, 0.3) is 21.5 Å². The number of hydrogen-bond donors (Lipinski definition) is 1. The summed E-state index contributed by atoms with van der Waals surface area (Å²) in [5, 5.41) is 1.66. The lowest BCUT2D eigenvalue weighted by atomic mass is 10.1. The van der Waals surface area contributed by atoms with Gasteiger partial charge in [-0.1, -0.05) is 48.5 Å². The lowest BCUT2D eigenvalue weighted by Crippen LogP contribution is -2.27. The van der Waals surface area contributed by atoms with Crippen molar-refractivity contribution in [3.63, 3.8) is 0 Å². The molecule has 0 aliphatic rings. The highest BCUT2D eigenvalue weighted by Gasteiger charge is 2.17. The summed E-state index contributed by atoms with van der Waals surface area (Å²) in [4.78, 5) is 34.7. The van der Waals surface area contributed by atoms with E-state index < -0.39 is 0 Å². The van der Waals surface area contributed by atoms with Gasteiger partial charge in [-0.2, -0.15) is 0 Å². The van der Waals surface area contributed by atoms with Crippen LogP contribution in [0.3, 0.4) is 0 Å². The first-order valence-corrected chi connectivity index (χ1v) is 9.31. The molecular formula is C21H17N3O2S. The highest BCUT2D eigenvalue weighted by Crippen LogP contribution is 2.26. The summed E-state index contributed by atoms with van der Waals surface area (Å²) in [5.41, 5.74) is 1.84. The monoisotopic (exact) mass is 375 g/mol. The molecule has 0 atom stereocenters. The molecule has 4 rings (SSSR count). The Morgan fingerprint density at radius 3 is 2.67 bits per heavy atom. The number of carbonyl (C=O) groups excluding carboxylic acids is 1. The van der Waals surface area contributed by atoms with Gasteiger partial charge in [0.1, 0.15) is 5.01 Å². The van der Waals surface area contributed by atoms with Gasteiger partial charge in [0, 0.05) is 40.7 Å². The Labute approximate surface area is 159 Å². The first-order valence-electron chi connectivity index (χ1n) is 8.49. The van der Waals surface area contributed by atoms with Crippen LogP contribution >= 0.6 is 11.3 Å². The summed E-state index contributed by atoms with van der Waals surface area (Å²) < 4.78 is 0. The topological polar surface area (TPSA) is 66.1 Å². The van der Waals surface area contributed by atoms with Crippen molar-refractivity contribution in [3.05, 3.63) is 87.7 Å². The van der Waals surface area contributed by atoms with E-state index in [0.717, 1.165) is 20.8 Å². The fourth-order valence-electron chi connectivity index (χ4n) is 2.99. The zero-order valence-corrected chi connectivity index (χ0v) is 15.5. The number of hydrogen-bond acceptors (Lipinski definition) is 4. The molecule has 6 heteroatoms. The van der Waals surface area contributed by atoms with Gasteiger partial charge in [0.15, 0.2) is 0 Å². The Balaban J connectivity index is 1.59. The molecular weight excluding hydrogens is 358 g/mol. The van der Waals surface area contributed by atoms with Gasteiger partial charge in [0.2, 0.25) is 5.56 Å². The van der Waals surface area contributed by atoms with Gasteiger partial charge in [-0.25, -0.2) is 4.98 Å². The number of nitrogens with zero attached hydrogens (tertiary/aromatic N) is 2. The van der Waals surface area contributed by atoms with Crippen LogP contribution in [0.4, 0.5) is 0 Å². The van der Waals surface area contributed by atoms with Gasteiger partial charge in [0.05, 0.1) is 12.1 Å². The molecule has 1 amide bonds. The lowest BCUT2D eigenvalue weighted by molar-refractivity contribution is 0.0788. The molecule has 0 unspecified atom stereocenters. The van der Waals surface area contributed by atoms with E-state index in [4.69, 9.17) is 0 Å². The van der Waals surface area contributed by atoms with Crippen LogP contribution in [0.2, 0.25) is 0 Å². The van der Waals surface area contributed by atoms with E-state index in [1.54, 1.807) is 35.5 Å². The first kappa shape index (κ1) is 17.2. The van der Waals surface area contributed by atoms with E-state index in [1.807, 2.05) is 48.5 Å². The first-order chi connectivity index (χ1) is 13.1. The minimum atomic E-state index is -0.283. The van der Waals surface area contributed by atoms with Crippen molar-refractivity contribution in [2.75, 3.05) is 7.05 Å². The number of aromatic nitrogens is 2. The van der Waals surface area contributed by atoms with Crippen LogP contribution in [0.5, 0.6) is 0 Å². The predicted octanol–water partition coefficient (Wildman–Crippen LogP) is 3.92. The molecule has 2 aromatic heterocycles. The summed E-state index contributed by atoms with van der Waals surface area (Å²) in [6.45, 7) is 0.435. The summed E-state index contributed by atoms with van der Waals surface area (Å²) in [6.07, 6.45) is 1.80. The number of pyridine rings is 1. The van der Waals surface area contributed by atoms with Crippen LogP contribution in [-0.2, 0) is 6.54 Å². The minimum Gasteiger partial charge on any atom is -0.336 e. The molecule has 0 saturated carbocycles. The lowest BCUT2D eigenvalue weighted by Gasteiger charge is -2.17. The predicted molar refractivity (Wildman–Crippen MR) is 108 cm³/mol. The number of H-pyrrole nitrogens is 1. The molecule has 0 saturated heterocycles. The average Bonchev–Trinajstić information content (AvgIpc) is 3.16. The Morgan fingerprint density at radius 1 is 1.11 bits per heavy atom. The second-order valence-electron chi connectivity index (χ2n) is 6.25. The minimum absolute atomic E-state index is 0.188. The van der Waals surface area contributed by atoms with Crippen molar-refractivity contribution in [2.24, 2.45) is 0 Å². The van der Waals surface area contributed by atoms with Crippen LogP contribution in [0.15, 0.2) is 71.7 Å². The fourth-order valence-corrected chi connectivity index (χ4v) is 3.96. The number of fused-ring (bicyclic) bond motifs is 1. The molecule has 0 spiro atoms. The summed E-state index contributed by atoms with van der Waals surface area (Å²) in [6, 6.07) is 18.6. The van der Waals surface area contributed by atoms with Gasteiger partial charge < -0.3 is 9.88 Å². The third kappa shape index (κ3) is 3.52. The molecule has 0 aliphatic heterocycles. The van der Waals surface area contributed by atoms with Gasteiger partial charge in [-0.05, 0) is 6.07 Å². The average molecular weight is 375 g/mol. The molecule has 0 aliphatic carbocycles. The Bertz CT molecular complexity index is 1160. The quantitative estimate of drug-likeness (QED) is 0.588. The molecule has 2 heterocycles. The van der Waals surface area contributed by atoms with E-state index in [2.05, 4.69) is 9.97 Å². The maximum absolute atomic E-state index is 12.9. The maximum atomic E-state index is 12.9. The Morgan fingerprint density at radius 2 is 1.85 bits per heavy atom. The number of thiazole rings is 1. The van der Waals surface area contributed by atoms with E-state index >= 15 is 0 Å². The van der Waals surface area contributed by atoms with Gasteiger partial charge in [-0.3, -0.25) is 9.59 Å². The SMILES string of the molecule is CN(Cc1cnc(-c2ccccc2)s1)C(=O)c1cc(=O)[nH]c2ccccc12. The maximum Gasteiger partial charge on any atom is 0.254 e. The molecule has 0 radical (unpaired) electrons. The number of aromatic amines is 1. The summed E-state index contributed by atoms with van der Waals surface area (Å²) in [5.74, 6) is -0.188. The number of nitrogens with one attached hydrogen (secondary N) is 1. The van der Waals surface area contributed by atoms with E-state index in [9.17, 15) is 9.59 Å². The standard InChI is InChI=1S/C21H17N3O2S/c1-24(13-15-12-22-20(27-15)14-7-3-2-4-8-14)21(26)17-11-19(25)23-18-10-6-5-9-16(17)18/h2-12H,13H2,1H3,(H,23,25). The zero-order valence-electron chi connectivity index (χ0n) is 14.7. The third-order valence-electron chi connectivity index (χ3n) is 4.29. The molecule has 0 bridgehead atoms. The number of carbonyl (C=O) groups is 1. The molecule has 5 nitrogen and oxygen atoms in total. The van der Waals surface area contributed by atoms with Crippen molar-refractivity contribution in [2.45, 2.75) is 6.54 Å². The van der Waals surface area contributed by atoms with Crippen LogP contribution in [0.1, 0.15) is 15.2 Å². The third-order valence-corrected chi connectivity index (χ3v) is 5.33. The van der Waals surface area contributed by atoms with Crippen LogP contribution in [0, 0.1) is 0 Å².